The van der Waals surface area contributed by atoms with Crippen LogP contribution in [0, 0.1) is 0 Å². The lowest BCUT2D eigenvalue weighted by Crippen LogP contribution is -2.53. The van der Waals surface area contributed by atoms with Gasteiger partial charge in [-0.3, -0.25) is 0 Å². The zero-order valence-corrected chi connectivity index (χ0v) is 15.8. The van der Waals surface area contributed by atoms with E-state index >= 15 is 0 Å². The largest absolute Gasteiger partial charge is 0.418 e. The first-order valence-electron chi connectivity index (χ1n) is 9.24. The number of hydrogen-bond donors (Lipinski definition) is 1. The van der Waals surface area contributed by atoms with Gasteiger partial charge in [0.05, 0.1) is 17.9 Å². The Balaban J connectivity index is 1.68. The van der Waals surface area contributed by atoms with Gasteiger partial charge in [0.15, 0.2) is 11.6 Å². The van der Waals surface area contributed by atoms with Crippen LogP contribution in [0.4, 0.5) is 18.9 Å². The van der Waals surface area contributed by atoms with Gasteiger partial charge in [0, 0.05) is 13.1 Å². The number of alkyl halides is 3. The van der Waals surface area contributed by atoms with E-state index in [0.29, 0.717) is 35.2 Å². The number of aromatic nitrogens is 2. The van der Waals surface area contributed by atoms with E-state index in [1.165, 1.54) is 18.2 Å². The Morgan fingerprint density at radius 3 is 2.59 bits per heavy atom. The molecular formula is C20H20F3N3O3. The van der Waals surface area contributed by atoms with Crippen molar-refractivity contribution in [2.24, 2.45) is 0 Å². The Kier molecular flexibility index (Phi) is 4.95. The molecule has 0 amide bonds. The molecule has 1 aromatic heterocycles. The number of nitrogens with zero attached hydrogens (tertiary/aromatic N) is 3. The molecular weight excluding hydrogens is 387 g/mol. The second-order valence-electron chi connectivity index (χ2n) is 7.41. The molecule has 1 aliphatic heterocycles. The minimum Gasteiger partial charge on any atom is -0.379 e. The van der Waals surface area contributed by atoms with Crippen LogP contribution in [0.25, 0.3) is 22.2 Å². The van der Waals surface area contributed by atoms with Crippen LogP contribution in [0.2, 0.25) is 0 Å². The third kappa shape index (κ3) is 3.92. The van der Waals surface area contributed by atoms with Gasteiger partial charge in [0.2, 0.25) is 0 Å². The van der Waals surface area contributed by atoms with Gasteiger partial charge in [-0.25, -0.2) is 4.63 Å². The van der Waals surface area contributed by atoms with Crippen molar-refractivity contribution < 1.29 is 27.6 Å². The standard InChI is InChI=1S/C20H20F3N3O3/c1-11(2)28-15-9-26(10-15)17-8-14(7-16-18(17)25-29-24-16)12-4-3-5-13(6-12)19(27)20(21,22)23/h3-8,11,15,19,27H,9-10H2,1-2H3. The number of halogens is 3. The van der Waals surface area contributed by atoms with Crippen LogP contribution in [-0.4, -0.2) is 46.9 Å². The van der Waals surface area contributed by atoms with E-state index in [1.807, 2.05) is 19.9 Å². The third-order valence-electron chi connectivity index (χ3n) is 4.84. The van der Waals surface area contributed by atoms with Gasteiger partial charge in [0.1, 0.15) is 5.52 Å². The second kappa shape index (κ2) is 7.31. The van der Waals surface area contributed by atoms with E-state index in [1.54, 1.807) is 12.1 Å². The summed E-state index contributed by atoms with van der Waals surface area (Å²) in [6.07, 6.45) is -7.03. The highest BCUT2D eigenvalue weighted by Gasteiger charge is 2.39. The fourth-order valence-electron chi connectivity index (χ4n) is 3.46. The molecule has 2 heterocycles. The van der Waals surface area contributed by atoms with E-state index < -0.39 is 12.3 Å². The number of hydrogen-bond acceptors (Lipinski definition) is 6. The van der Waals surface area contributed by atoms with Crippen molar-refractivity contribution in [2.75, 3.05) is 18.0 Å². The highest BCUT2D eigenvalue weighted by atomic mass is 19.4. The molecule has 1 atom stereocenters. The van der Waals surface area contributed by atoms with Gasteiger partial charge in [-0.15, -0.1) is 0 Å². The van der Waals surface area contributed by atoms with Crippen molar-refractivity contribution in [3.05, 3.63) is 42.0 Å². The molecule has 0 bridgehead atoms. The Morgan fingerprint density at radius 1 is 1.14 bits per heavy atom. The van der Waals surface area contributed by atoms with Crippen LogP contribution in [0.5, 0.6) is 0 Å². The molecule has 3 aromatic rings. The van der Waals surface area contributed by atoms with Gasteiger partial charge in [0.25, 0.3) is 0 Å². The number of anilines is 1. The molecule has 1 N–H and O–H groups in total. The van der Waals surface area contributed by atoms with E-state index in [4.69, 9.17) is 9.37 Å². The summed E-state index contributed by atoms with van der Waals surface area (Å²) in [6, 6.07) is 9.31. The topological polar surface area (TPSA) is 71.6 Å². The van der Waals surface area contributed by atoms with E-state index in [9.17, 15) is 18.3 Å². The SMILES string of the molecule is CC(C)OC1CN(c2cc(-c3cccc(C(O)C(F)(F)F)c3)cc3nonc23)C1. The lowest BCUT2D eigenvalue weighted by molar-refractivity contribution is -0.206. The fraction of sp³-hybridized carbons (Fsp3) is 0.400. The summed E-state index contributed by atoms with van der Waals surface area (Å²) in [5.74, 6) is 0. The predicted molar refractivity (Wildman–Crippen MR) is 100 cm³/mol. The molecule has 29 heavy (non-hydrogen) atoms. The van der Waals surface area contributed by atoms with Gasteiger partial charge >= 0.3 is 6.18 Å². The van der Waals surface area contributed by atoms with Crippen molar-refractivity contribution >= 4 is 16.7 Å². The van der Waals surface area contributed by atoms with Crippen LogP contribution in [0.3, 0.4) is 0 Å². The Morgan fingerprint density at radius 2 is 1.90 bits per heavy atom. The highest BCUT2D eigenvalue weighted by molar-refractivity contribution is 5.93. The Hall–Kier alpha value is -2.65. The zero-order valence-electron chi connectivity index (χ0n) is 15.8. The van der Waals surface area contributed by atoms with Crippen LogP contribution in [0.1, 0.15) is 25.5 Å². The maximum atomic E-state index is 12.9. The number of rotatable bonds is 5. The van der Waals surface area contributed by atoms with Crippen molar-refractivity contribution in [1.82, 2.24) is 10.3 Å². The monoisotopic (exact) mass is 407 g/mol. The molecule has 154 valence electrons. The normalized spacial score (nSPS) is 16.4. The average Bonchev–Trinajstić information content (AvgIpc) is 3.11. The van der Waals surface area contributed by atoms with Crippen molar-refractivity contribution in [1.29, 1.82) is 0 Å². The molecule has 2 aromatic carbocycles. The molecule has 6 nitrogen and oxygen atoms in total. The molecule has 0 radical (unpaired) electrons. The summed E-state index contributed by atoms with van der Waals surface area (Å²) >= 11 is 0. The lowest BCUT2D eigenvalue weighted by atomic mass is 9.98. The summed E-state index contributed by atoms with van der Waals surface area (Å²) in [5, 5.41) is 17.4. The summed E-state index contributed by atoms with van der Waals surface area (Å²) in [5.41, 5.74) is 2.85. The van der Waals surface area contributed by atoms with Crippen LogP contribution in [-0.2, 0) is 4.74 Å². The van der Waals surface area contributed by atoms with Crippen LogP contribution in [0.15, 0.2) is 41.0 Å². The quantitative estimate of drug-likeness (QED) is 0.687. The van der Waals surface area contributed by atoms with E-state index in [-0.39, 0.29) is 17.8 Å². The number of ether oxygens (including phenoxy) is 1. The predicted octanol–water partition coefficient (Wildman–Crippen LogP) is 4.10. The lowest BCUT2D eigenvalue weighted by Gasteiger charge is -2.41. The van der Waals surface area contributed by atoms with E-state index in [0.717, 1.165) is 5.69 Å². The molecule has 0 spiro atoms. The maximum absolute atomic E-state index is 12.9. The summed E-state index contributed by atoms with van der Waals surface area (Å²) in [4.78, 5) is 2.07. The minimum absolute atomic E-state index is 0.110. The number of benzene rings is 2. The average molecular weight is 407 g/mol. The molecule has 0 aliphatic carbocycles. The fourth-order valence-corrected chi connectivity index (χ4v) is 3.46. The summed E-state index contributed by atoms with van der Waals surface area (Å²) in [7, 11) is 0. The van der Waals surface area contributed by atoms with Gasteiger partial charge < -0.3 is 14.7 Å². The first-order valence-corrected chi connectivity index (χ1v) is 9.24. The van der Waals surface area contributed by atoms with Crippen LogP contribution >= 0.6 is 0 Å². The maximum Gasteiger partial charge on any atom is 0.418 e. The number of fused-ring (bicyclic) bond motifs is 1. The van der Waals surface area contributed by atoms with Crippen molar-refractivity contribution in [3.8, 4) is 11.1 Å². The first-order chi connectivity index (χ1) is 13.7. The Bertz CT molecular complexity index is 1010. The molecule has 4 rings (SSSR count). The Labute approximate surface area is 164 Å². The highest BCUT2D eigenvalue weighted by Crippen LogP contribution is 2.37. The smallest absolute Gasteiger partial charge is 0.379 e. The minimum atomic E-state index is -4.73. The first kappa shape index (κ1) is 19.7. The van der Waals surface area contributed by atoms with Crippen LogP contribution < -0.4 is 4.90 Å². The number of aliphatic hydroxyl groups excluding tert-OH is 1. The second-order valence-corrected chi connectivity index (χ2v) is 7.41. The molecule has 1 fully saturated rings. The molecule has 1 saturated heterocycles. The van der Waals surface area contributed by atoms with Gasteiger partial charge in [-0.05, 0) is 59.1 Å². The number of aliphatic hydroxyl groups is 1. The van der Waals surface area contributed by atoms with Crippen molar-refractivity contribution in [2.45, 2.75) is 38.3 Å². The molecule has 1 aliphatic rings. The molecule has 9 heteroatoms. The van der Waals surface area contributed by atoms with Gasteiger partial charge in [-0.1, -0.05) is 18.2 Å². The summed E-state index contributed by atoms with van der Waals surface area (Å²) in [6.45, 7) is 5.31. The molecule has 1 unspecified atom stereocenters. The molecule has 0 saturated carbocycles. The van der Waals surface area contributed by atoms with E-state index in [2.05, 4.69) is 15.2 Å². The zero-order chi connectivity index (χ0) is 20.8. The van der Waals surface area contributed by atoms with Crippen molar-refractivity contribution in [3.63, 3.8) is 0 Å². The third-order valence-corrected chi connectivity index (χ3v) is 4.84. The summed E-state index contributed by atoms with van der Waals surface area (Å²) < 4.78 is 49.3. The van der Waals surface area contributed by atoms with Gasteiger partial charge in [-0.2, -0.15) is 13.2 Å².